The molecule has 7 nitrogen and oxygen atoms in total. The van der Waals surface area contributed by atoms with Crippen LogP contribution in [0.5, 0.6) is 11.5 Å². The van der Waals surface area contributed by atoms with E-state index in [1.165, 1.54) is 23.1 Å². The van der Waals surface area contributed by atoms with Gasteiger partial charge in [0.1, 0.15) is 11.6 Å². The Balaban J connectivity index is 1.71. The third-order valence-corrected chi connectivity index (χ3v) is 7.42. The fourth-order valence-electron chi connectivity index (χ4n) is 4.39. The fraction of sp³-hybridized carbons (Fsp3) is 0.207. The molecular weight excluding hydrogens is 543 g/mol. The van der Waals surface area contributed by atoms with Gasteiger partial charge in [0.2, 0.25) is 0 Å². The molecule has 1 aliphatic heterocycles. The molecular formula is C29H24ClFN2O5S. The average molecular weight is 567 g/mol. The number of anilines is 1. The first-order valence-corrected chi connectivity index (χ1v) is 13.5. The minimum absolute atomic E-state index is 0.113. The molecule has 4 aromatic rings. The largest absolute Gasteiger partial charge is 0.507 e. The summed E-state index contributed by atoms with van der Waals surface area (Å²) in [5.41, 5.74) is 1.19. The number of aromatic nitrogens is 1. The fourth-order valence-corrected chi connectivity index (χ4v) is 5.54. The zero-order chi connectivity index (χ0) is 27.7. The van der Waals surface area contributed by atoms with E-state index in [1.807, 2.05) is 13.8 Å². The molecule has 3 aromatic carbocycles. The van der Waals surface area contributed by atoms with Crippen molar-refractivity contribution in [1.82, 2.24) is 4.98 Å². The van der Waals surface area contributed by atoms with E-state index in [9.17, 15) is 19.1 Å². The van der Waals surface area contributed by atoms with Gasteiger partial charge in [0.05, 0.1) is 35.0 Å². The van der Waals surface area contributed by atoms with Crippen LogP contribution in [0.2, 0.25) is 5.02 Å². The van der Waals surface area contributed by atoms with Crippen molar-refractivity contribution in [3.05, 3.63) is 88.2 Å². The lowest BCUT2D eigenvalue weighted by atomic mass is 9.95. The van der Waals surface area contributed by atoms with Crippen LogP contribution in [-0.4, -0.2) is 35.0 Å². The third-order valence-electron chi connectivity index (χ3n) is 6.15. The molecule has 0 aliphatic carbocycles. The highest BCUT2D eigenvalue weighted by atomic mass is 35.5. The standard InChI is InChI=1S/C29H24ClFN2O5S/c1-3-13-38-21-12-7-17(14-22(21)37-4-2)25-24(26(34)16-5-8-18(30)9-6-16)27(35)28(36)33(25)29-32-20-11-10-19(31)15-23(20)39-29/h5-12,14-15,25,34H,3-4,13H2,1-2H3. The van der Waals surface area contributed by atoms with Crippen LogP contribution in [0.4, 0.5) is 9.52 Å². The molecule has 1 amide bonds. The Labute approximate surface area is 233 Å². The molecule has 10 heteroatoms. The number of fused-ring (bicyclic) bond motifs is 1. The number of ketones is 1. The predicted molar refractivity (Wildman–Crippen MR) is 149 cm³/mol. The highest BCUT2D eigenvalue weighted by Crippen LogP contribution is 2.46. The molecule has 0 saturated carbocycles. The van der Waals surface area contributed by atoms with Crippen LogP contribution in [0.25, 0.3) is 16.0 Å². The Morgan fingerprint density at radius 3 is 2.54 bits per heavy atom. The number of carbonyl (C=O) groups excluding carboxylic acids is 2. The summed E-state index contributed by atoms with van der Waals surface area (Å²) in [7, 11) is 0. The zero-order valence-electron chi connectivity index (χ0n) is 21.1. The molecule has 1 saturated heterocycles. The first kappa shape index (κ1) is 26.6. The van der Waals surface area contributed by atoms with E-state index in [0.717, 1.165) is 17.8 Å². The van der Waals surface area contributed by atoms with Gasteiger partial charge in [-0.05, 0) is 73.5 Å². The summed E-state index contributed by atoms with van der Waals surface area (Å²) in [6, 6.07) is 14.5. The normalized spacial score (nSPS) is 16.7. The molecule has 0 radical (unpaired) electrons. The summed E-state index contributed by atoms with van der Waals surface area (Å²) in [4.78, 5) is 32.7. The van der Waals surface area contributed by atoms with Crippen LogP contribution < -0.4 is 14.4 Å². The minimum atomic E-state index is -1.04. The molecule has 1 aliphatic rings. The van der Waals surface area contributed by atoms with Crippen molar-refractivity contribution in [2.75, 3.05) is 18.1 Å². The highest BCUT2D eigenvalue weighted by molar-refractivity contribution is 7.22. The molecule has 1 aromatic heterocycles. The first-order valence-electron chi connectivity index (χ1n) is 12.3. The summed E-state index contributed by atoms with van der Waals surface area (Å²) in [6.07, 6.45) is 0.798. The maximum absolute atomic E-state index is 13.9. The number of benzene rings is 3. The number of rotatable bonds is 8. The van der Waals surface area contributed by atoms with Gasteiger partial charge in [-0.2, -0.15) is 0 Å². The van der Waals surface area contributed by atoms with E-state index in [-0.39, 0.29) is 16.5 Å². The van der Waals surface area contributed by atoms with Crippen molar-refractivity contribution in [3.8, 4) is 11.5 Å². The Hall–Kier alpha value is -3.95. The van der Waals surface area contributed by atoms with Crippen LogP contribution in [0.15, 0.2) is 66.2 Å². The van der Waals surface area contributed by atoms with Gasteiger partial charge < -0.3 is 14.6 Å². The number of thiazole rings is 1. The van der Waals surface area contributed by atoms with Gasteiger partial charge in [-0.1, -0.05) is 35.9 Å². The van der Waals surface area contributed by atoms with Crippen LogP contribution >= 0.6 is 22.9 Å². The molecule has 39 heavy (non-hydrogen) atoms. The maximum Gasteiger partial charge on any atom is 0.301 e. The summed E-state index contributed by atoms with van der Waals surface area (Å²) >= 11 is 7.09. The van der Waals surface area contributed by atoms with E-state index in [2.05, 4.69) is 4.98 Å². The quantitative estimate of drug-likeness (QED) is 0.142. The Morgan fingerprint density at radius 1 is 1.05 bits per heavy atom. The second kappa shape index (κ2) is 11.0. The van der Waals surface area contributed by atoms with Crippen LogP contribution in [0.1, 0.15) is 37.4 Å². The topological polar surface area (TPSA) is 89.0 Å². The van der Waals surface area contributed by atoms with Gasteiger partial charge in [0, 0.05) is 10.6 Å². The van der Waals surface area contributed by atoms with E-state index in [4.69, 9.17) is 21.1 Å². The zero-order valence-corrected chi connectivity index (χ0v) is 22.7. The highest BCUT2D eigenvalue weighted by Gasteiger charge is 2.48. The maximum atomic E-state index is 13.9. The molecule has 200 valence electrons. The number of aliphatic hydroxyl groups excluding tert-OH is 1. The number of amides is 1. The van der Waals surface area contributed by atoms with Gasteiger partial charge in [-0.25, -0.2) is 9.37 Å². The number of Topliss-reactive ketones (excluding diaryl/α,β-unsaturated/α-hetero) is 1. The van der Waals surface area contributed by atoms with Crippen molar-refractivity contribution in [2.45, 2.75) is 26.3 Å². The summed E-state index contributed by atoms with van der Waals surface area (Å²) in [5.74, 6) is -1.57. The molecule has 2 heterocycles. The van der Waals surface area contributed by atoms with Crippen molar-refractivity contribution in [2.24, 2.45) is 0 Å². The molecule has 0 bridgehead atoms. The monoisotopic (exact) mass is 566 g/mol. The van der Waals surface area contributed by atoms with Gasteiger partial charge in [0.25, 0.3) is 5.78 Å². The van der Waals surface area contributed by atoms with Crippen LogP contribution in [-0.2, 0) is 9.59 Å². The molecule has 0 spiro atoms. The lowest BCUT2D eigenvalue weighted by Gasteiger charge is -2.24. The van der Waals surface area contributed by atoms with Crippen molar-refractivity contribution >= 4 is 55.7 Å². The van der Waals surface area contributed by atoms with Gasteiger partial charge in [0.15, 0.2) is 16.6 Å². The summed E-state index contributed by atoms with van der Waals surface area (Å²) in [5, 5.41) is 12.0. The van der Waals surface area contributed by atoms with Gasteiger partial charge >= 0.3 is 5.91 Å². The Bertz CT molecular complexity index is 1600. The molecule has 5 rings (SSSR count). The van der Waals surface area contributed by atoms with Gasteiger partial charge in [-0.15, -0.1) is 0 Å². The van der Waals surface area contributed by atoms with E-state index in [1.54, 1.807) is 42.5 Å². The SMILES string of the molecule is CCCOc1ccc(C2C(=C(O)c3ccc(Cl)cc3)C(=O)C(=O)N2c2nc3ccc(F)cc3s2)cc1OCC. The summed E-state index contributed by atoms with van der Waals surface area (Å²) < 4.78 is 26.1. The number of hydrogen-bond acceptors (Lipinski definition) is 7. The summed E-state index contributed by atoms with van der Waals surface area (Å²) in [6.45, 7) is 4.67. The first-order chi connectivity index (χ1) is 18.8. The Morgan fingerprint density at radius 2 is 1.82 bits per heavy atom. The number of aliphatic hydroxyl groups is 1. The van der Waals surface area contributed by atoms with Crippen molar-refractivity contribution in [3.63, 3.8) is 0 Å². The molecule has 1 fully saturated rings. The average Bonchev–Trinajstić information content (AvgIpc) is 3.45. The van der Waals surface area contributed by atoms with E-state index in [0.29, 0.717) is 51.1 Å². The number of halogens is 2. The predicted octanol–water partition coefficient (Wildman–Crippen LogP) is 6.90. The Kier molecular flexibility index (Phi) is 7.54. The minimum Gasteiger partial charge on any atom is -0.507 e. The van der Waals surface area contributed by atoms with Crippen molar-refractivity contribution in [1.29, 1.82) is 0 Å². The number of hydrogen-bond donors (Lipinski definition) is 1. The van der Waals surface area contributed by atoms with Crippen LogP contribution in [0, 0.1) is 5.82 Å². The second-order valence-electron chi connectivity index (χ2n) is 8.77. The van der Waals surface area contributed by atoms with E-state index >= 15 is 0 Å². The lowest BCUT2D eigenvalue weighted by molar-refractivity contribution is -0.132. The molecule has 1 unspecified atom stereocenters. The molecule has 1 atom stereocenters. The third kappa shape index (κ3) is 5.07. The van der Waals surface area contributed by atoms with Crippen molar-refractivity contribution < 1.29 is 28.6 Å². The van der Waals surface area contributed by atoms with E-state index < -0.39 is 23.5 Å². The van der Waals surface area contributed by atoms with Crippen LogP contribution in [0.3, 0.4) is 0 Å². The van der Waals surface area contributed by atoms with Gasteiger partial charge in [-0.3, -0.25) is 14.5 Å². The molecule has 1 N–H and O–H groups in total. The number of carbonyl (C=O) groups is 2. The number of ether oxygens (including phenoxy) is 2. The smallest absolute Gasteiger partial charge is 0.301 e. The second-order valence-corrected chi connectivity index (χ2v) is 10.2. The number of nitrogens with zero attached hydrogens (tertiary/aromatic N) is 2. The lowest BCUT2D eigenvalue weighted by Crippen LogP contribution is -2.29.